The number of carbonyl (C=O) groups is 2. The van der Waals surface area contributed by atoms with Crippen LogP contribution in [0.25, 0.3) is 0 Å². The fourth-order valence-electron chi connectivity index (χ4n) is 4.98. The van der Waals surface area contributed by atoms with Crippen LogP contribution >= 0.6 is 0 Å². The zero-order valence-corrected chi connectivity index (χ0v) is 18.4. The molecule has 7 heteroatoms. The minimum Gasteiger partial charge on any atom is -0.487 e. The van der Waals surface area contributed by atoms with E-state index in [0.29, 0.717) is 25.9 Å². The van der Waals surface area contributed by atoms with Crippen molar-refractivity contribution in [2.75, 3.05) is 47.3 Å². The Hall–Kier alpha value is -2.28. The lowest BCUT2D eigenvalue weighted by Gasteiger charge is -2.46. The van der Waals surface area contributed by atoms with E-state index in [1.54, 1.807) is 19.0 Å². The van der Waals surface area contributed by atoms with Gasteiger partial charge in [-0.25, -0.2) is 4.79 Å². The van der Waals surface area contributed by atoms with E-state index in [9.17, 15) is 9.59 Å². The first-order valence-corrected chi connectivity index (χ1v) is 11.1. The SMILES string of the molecule is CN1CCC2(CC1)CC(NC(=O)C1CCN(C(=O)N(C)C)CC1)c1ccccc1O2. The molecule has 0 aliphatic carbocycles. The number of urea groups is 1. The van der Waals surface area contributed by atoms with Crippen molar-refractivity contribution in [3.63, 3.8) is 0 Å². The molecule has 2 saturated heterocycles. The van der Waals surface area contributed by atoms with Crippen molar-refractivity contribution in [1.29, 1.82) is 0 Å². The van der Waals surface area contributed by atoms with Gasteiger partial charge in [0, 0.05) is 58.2 Å². The molecule has 7 nitrogen and oxygen atoms in total. The lowest BCUT2D eigenvalue weighted by molar-refractivity contribution is -0.128. The number of likely N-dealkylation sites (tertiary alicyclic amines) is 2. The topological polar surface area (TPSA) is 65.1 Å². The van der Waals surface area contributed by atoms with Gasteiger partial charge in [0.05, 0.1) is 6.04 Å². The number of rotatable bonds is 2. The molecule has 3 aliphatic rings. The van der Waals surface area contributed by atoms with E-state index in [2.05, 4.69) is 23.3 Å². The van der Waals surface area contributed by atoms with Crippen LogP contribution in [-0.4, -0.2) is 79.6 Å². The number of ether oxygens (including phenoxy) is 1. The van der Waals surface area contributed by atoms with Gasteiger partial charge in [0.15, 0.2) is 0 Å². The smallest absolute Gasteiger partial charge is 0.319 e. The summed E-state index contributed by atoms with van der Waals surface area (Å²) in [5.74, 6) is 0.974. The third-order valence-corrected chi connectivity index (χ3v) is 6.93. The minimum atomic E-state index is -0.194. The molecule has 0 aromatic heterocycles. The number of nitrogens with zero attached hydrogens (tertiary/aromatic N) is 3. The number of nitrogens with one attached hydrogen (secondary N) is 1. The van der Waals surface area contributed by atoms with Crippen LogP contribution in [0.2, 0.25) is 0 Å². The van der Waals surface area contributed by atoms with Gasteiger partial charge in [0.2, 0.25) is 5.91 Å². The van der Waals surface area contributed by atoms with Crippen molar-refractivity contribution in [2.45, 2.75) is 43.7 Å². The monoisotopic (exact) mass is 414 g/mol. The molecule has 1 aromatic rings. The Bertz CT molecular complexity index is 780. The number of fused-ring (bicyclic) bond motifs is 1. The molecule has 1 spiro atoms. The maximum absolute atomic E-state index is 13.1. The maximum Gasteiger partial charge on any atom is 0.319 e. The molecule has 1 unspecified atom stereocenters. The Kier molecular flexibility index (Phi) is 5.91. The minimum absolute atomic E-state index is 0.0210. The van der Waals surface area contributed by atoms with Gasteiger partial charge in [-0.15, -0.1) is 0 Å². The van der Waals surface area contributed by atoms with Crippen LogP contribution in [0, 0.1) is 5.92 Å². The van der Waals surface area contributed by atoms with Crippen LogP contribution in [0.3, 0.4) is 0 Å². The molecule has 164 valence electrons. The second-order valence-corrected chi connectivity index (χ2v) is 9.33. The average molecular weight is 415 g/mol. The van der Waals surface area contributed by atoms with Crippen molar-refractivity contribution in [2.24, 2.45) is 5.92 Å². The van der Waals surface area contributed by atoms with E-state index in [1.165, 1.54) is 0 Å². The highest BCUT2D eigenvalue weighted by atomic mass is 16.5. The molecule has 1 N–H and O–H groups in total. The van der Waals surface area contributed by atoms with E-state index < -0.39 is 0 Å². The van der Waals surface area contributed by atoms with Crippen LogP contribution in [-0.2, 0) is 4.79 Å². The number of para-hydroxylation sites is 1. The summed E-state index contributed by atoms with van der Waals surface area (Å²) in [6.45, 7) is 3.30. The third kappa shape index (κ3) is 4.26. The van der Waals surface area contributed by atoms with Gasteiger partial charge in [-0.2, -0.15) is 0 Å². The highest BCUT2D eigenvalue weighted by Gasteiger charge is 2.43. The van der Waals surface area contributed by atoms with E-state index in [4.69, 9.17) is 4.74 Å². The van der Waals surface area contributed by atoms with Crippen molar-refractivity contribution in [3.8, 4) is 5.75 Å². The molecule has 0 radical (unpaired) electrons. The first-order chi connectivity index (χ1) is 14.4. The van der Waals surface area contributed by atoms with Crippen LogP contribution in [0.15, 0.2) is 24.3 Å². The standard InChI is InChI=1S/C23H34N4O3/c1-25(2)22(29)27-12-8-17(9-13-27)21(28)24-19-16-23(10-14-26(3)15-11-23)30-20-7-5-4-6-18(19)20/h4-7,17,19H,8-16H2,1-3H3,(H,24,28). The van der Waals surface area contributed by atoms with E-state index >= 15 is 0 Å². The number of hydrogen-bond acceptors (Lipinski definition) is 4. The summed E-state index contributed by atoms with van der Waals surface area (Å²) in [5.41, 5.74) is 0.885. The largest absolute Gasteiger partial charge is 0.487 e. The Morgan fingerprint density at radius 1 is 1.10 bits per heavy atom. The average Bonchev–Trinajstić information content (AvgIpc) is 2.75. The predicted molar refractivity (Wildman–Crippen MR) is 115 cm³/mol. The Balaban J connectivity index is 1.43. The van der Waals surface area contributed by atoms with Crippen LogP contribution in [0.1, 0.15) is 43.7 Å². The Labute approximate surface area is 179 Å². The first kappa shape index (κ1) is 21.0. The Morgan fingerprint density at radius 3 is 2.43 bits per heavy atom. The van der Waals surface area contributed by atoms with Crippen molar-refractivity contribution in [1.82, 2.24) is 20.0 Å². The summed E-state index contributed by atoms with van der Waals surface area (Å²) in [6, 6.07) is 8.12. The zero-order chi connectivity index (χ0) is 21.3. The number of carbonyl (C=O) groups excluding carboxylic acids is 2. The van der Waals surface area contributed by atoms with E-state index in [0.717, 1.165) is 43.7 Å². The van der Waals surface area contributed by atoms with Gasteiger partial charge in [0.1, 0.15) is 11.4 Å². The molecular formula is C23H34N4O3. The van der Waals surface area contributed by atoms with Gasteiger partial charge in [-0.3, -0.25) is 4.79 Å². The fourth-order valence-corrected chi connectivity index (χ4v) is 4.98. The third-order valence-electron chi connectivity index (χ3n) is 6.93. The van der Waals surface area contributed by atoms with E-state index in [1.807, 2.05) is 23.1 Å². The highest BCUT2D eigenvalue weighted by molar-refractivity contribution is 5.80. The van der Waals surface area contributed by atoms with Gasteiger partial charge in [-0.1, -0.05) is 18.2 Å². The van der Waals surface area contributed by atoms with Gasteiger partial charge in [0.25, 0.3) is 0 Å². The molecule has 3 aliphatic heterocycles. The molecule has 2 fully saturated rings. The van der Waals surface area contributed by atoms with Crippen LogP contribution in [0.4, 0.5) is 4.79 Å². The highest BCUT2D eigenvalue weighted by Crippen LogP contribution is 2.44. The lowest BCUT2D eigenvalue weighted by atomic mass is 9.80. The molecule has 3 amide bonds. The van der Waals surface area contributed by atoms with Crippen molar-refractivity contribution < 1.29 is 14.3 Å². The molecule has 1 atom stereocenters. The second-order valence-electron chi connectivity index (χ2n) is 9.33. The van der Waals surface area contributed by atoms with Gasteiger partial charge >= 0.3 is 6.03 Å². The number of benzene rings is 1. The molecule has 0 saturated carbocycles. The quantitative estimate of drug-likeness (QED) is 0.808. The van der Waals surface area contributed by atoms with Gasteiger partial charge in [-0.05, 0) is 38.8 Å². The lowest BCUT2D eigenvalue weighted by Crippen LogP contribution is -2.52. The van der Waals surface area contributed by atoms with Crippen LogP contribution < -0.4 is 10.1 Å². The second kappa shape index (κ2) is 8.46. The summed E-state index contributed by atoms with van der Waals surface area (Å²) in [4.78, 5) is 31.1. The fraction of sp³-hybridized carbons (Fsp3) is 0.652. The summed E-state index contributed by atoms with van der Waals surface area (Å²) in [6.07, 6.45) is 4.21. The van der Waals surface area contributed by atoms with Crippen molar-refractivity contribution >= 4 is 11.9 Å². The summed E-state index contributed by atoms with van der Waals surface area (Å²) < 4.78 is 6.50. The number of hydrogen-bond donors (Lipinski definition) is 1. The first-order valence-electron chi connectivity index (χ1n) is 11.1. The maximum atomic E-state index is 13.1. The molecule has 0 bridgehead atoms. The normalized spacial score (nSPS) is 24.1. The molecule has 3 heterocycles. The van der Waals surface area contributed by atoms with E-state index in [-0.39, 0.29) is 29.5 Å². The molecule has 1 aromatic carbocycles. The number of amides is 3. The summed E-state index contributed by atoms with van der Waals surface area (Å²) in [5, 5.41) is 3.35. The zero-order valence-electron chi connectivity index (χ0n) is 18.4. The summed E-state index contributed by atoms with van der Waals surface area (Å²) in [7, 11) is 5.68. The number of piperidine rings is 2. The molecule has 4 rings (SSSR count). The van der Waals surface area contributed by atoms with Crippen molar-refractivity contribution in [3.05, 3.63) is 29.8 Å². The van der Waals surface area contributed by atoms with Gasteiger partial charge < -0.3 is 24.8 Å². The van der Waals surface area contributed by atoms with Crippen LogP contribution in [0.5, 0.6) is 5.75 Å². The molecular weight excluding hydrogens is 380 g/mol. The Morgan fingerprint density at radius 2 is 1.77 bits per heavy atom. The predicted octanol–water partition coefficient (Wildman–Crippen LogP) is 2.48. The summed E-state index contributed by atoms with van der Waals surface area (Å²) >= 11 is 0. The molecule has 30 heavy (non-hydrogen) atoms.